The van der Waals surface area contributed by atoms with Crippen LogP contribution >= 0.6 is 0 Å². The molecule has 2 N–H and O–H groups in total. The summed E-state index contributed by atoms with van der Waals surface area (Å²) in [5.74, 6) is 3.42. The van der Waals surface area contributed by atoms with Crippen LogP contribution < -0.4 is 10.6 Å². The van der Waals surface area contributed by atoms with Gasteiger partial charge in [-0.05, 0) is 33.6 Å². The fourth-order valence-electron chi connectivity index (χ4n) is 3.25. The highest BCUT2D eigenvalue weighted by Gasteiger charge is 2.16. The molecule has 0 spiro atoms. The molecule has 0 aliphatic heterocycles. The number of aliphatic imine (C=N–C) groups is 1. The van der Waals surface area contributed by atoms with Crippen LogP contribution in [-0.2, 0) is 20.1 Å². The van der Waals surface area contributed by atoms with E-state index in [9.17, 15) is 0 Å². The molecule has 26 heavy (non-hydrogen) atoms. The zero-order valence-corrected chi connectivity index (χ0v) is 16.2. The first kappa shape index (κ1) is 18.4. The Hall–Kier alpha value is -2.38. The number of rotatable bonds is 5. The minimum Gasteiger partial charge on any atom is -0.361 e. The Bertz CT molecular complexity index is 736. The van der Waals surface area contributed by atoms with E-state index < -0.39 is 0 Å². The van der Waals surface area contributed by atoms with E-state index in [0.717, 1.165) is 34.6 Å². The Kier molecular flexibility index (Phi) is 5.90. The molecular weight excluding hydrogens is 330 g/mol. The Morgan fingerprint density at radius 1 is 1.19 bits per heavy atom. The van der Waals surface area contributed by atoms with Crippen LogP contribution in [0.4, 0.5) is 0 Å². The molecule has 1 aliphatic rings. The highest BCUT2D eigenvalue weighted by atomic mass is 16.5. The highest BCUT2D eigenvalue weighted by Crippen LogP contribution is 2.17. The third kappa shape index (κ3) is 4.42. The molecule has 0 bridgehead atoms. The summed E-state index contributed by atoms with van der Waals surface area (Å²) in [6.07, 6.45) is 6.26. The molecule has 1 fully saturated rings. The standard InChI is InChI=1S/C18H29N7O/c1-12-16(13(2)26-24-12)10-19-18(21-15-8-6-5-7-9-15)20-11-17-23-22-14(3)25(17)4/h15H,5-11H2,1-4H3,(H2,19,20,21). The van der Waals surface area contributed by atoms with Crippen molar-refractivity contribution < 1.29 is 4.52 Å². The summed E-state index contributed by atoms with van der Waals surface area (Å²) < 4.78 is 7.23. The number of nitrogens with zero attached hydrogens (tertiary/aromatic N) is 5. The Morgan fingerprint density at radius 3 is 2.58 bits per heavy atom. The lowest BCUT2D eigenvalue weighted by atomic mass is 9.96. The largest absolute Gasteiger partial charge is 0.361 e. The topological polar surface area (TPSA) is 93.2 Å². The lowest BCUT2D eigenvalue weighted by Gasteiger charge is -2.25. The van der Waals surface area contributed by atoms with Crippen LogP contribution in [0.3, 0.4) is 0 Å². The van der Waals surface area contributed by atoms with Gasteiger partial charge >= 0.3 is 0 Å². The van der Waals surface area contributed by atoms with Crippen LogP contribution in [-0.4, -0.2) is 31.9 Å². The molecule has 0 amide bonds. The maximum Gasteiger partial charge on any atom is 0.192 e. The van der Waals surface area contributed by atoms with Gasteiger partial charge in [-0.3, -0.25) is 0 Å². The molecule has 0 unspecified atom stereocenters. The summed E-state index contributed by atoms with van der Waals surface area (Å²) in [7, 11) is 1.97. The van der Waals surface area contributed by atoms with Crippen molar-refractivity contribution in [3.8, 4) is 0 Å². The smallest absolute Gasteiger partial charge is 0.192 e. The van der Waals surface area contributed by atoms with Gasteiger partial charge in [-0.25, -0.2) is 4.99 Å². The predicted molar refractivity (Wildman–Crippen MR) is 99.7 cm³/mol. The number of hydrogen-bond acceptors (Lipinski definition) is 5. The number of aromatic nitrogens is 4. The predicted octanol–water partition coefficient (Wildman–Crippen LogP) is 2.30. The number of aryl methyl sites for hydroxylation is 3. The molecule has 1 aliphatic carbocycles. The van der Waals surface area contributed by atoms with Crippen molar-refractivity contribution in [1.82, 2.24) is 30.6 Å². The van der Waals surface area contributed by atoms with Gasteiger partial charge in [-0.1, -0.05) is 24.4 Å². The third-order valence-corrected chi connectivity index (χ3v) is 5.12. The van der Waals surface area contributed by atoms with E-state index in [1.54, 1.807) is 0 Å². The van der Waals surface area contributed by atoms with Crippen molar-refractivity contribution in [3.63, 3.8) is 0 Å². The Balaban J connectivity index is 1.69. The molecule has 0 radical (unpaired) electrons. The first-order chi connectivity index (χ1) is 12.5. The average molecular weight is 359 g/mol. The van der Waals surface area contributed by atoms with E-state index in [4.69, 9.17) is 9.52 Å². The van der Waals surface area contributed by atoms with Crippen LogP contribution in [0.1, 0.15) is 60.8 Å². The zero-order valence-electron chi connectivity index (χ0n) is 16.2. The van der Waals surface area contributed by atoms with E-state index in [-0.39, 0.29) is 0 Å². The summed E-state index contributed by atoms with van der Waals surface area (Å²) in [6, 6.07) is 0.473. The van der Waals surface area contributed by atoms with Gasteiger partial charge in [0, 0.05) is 18.7 Å². The minimum atomic E-state index is 0.473. The monoisotopic (exact) mass is 359 g/mol. The van der Waals surface area contributed by atoms with Crippen molar-refractivity contribution in [1.29, 1.82) is 0 Å². The number of hydrogen-bond donors (Lipinski definition) is 2. The van der Waals surface area contributed by atoms with E-state index >= 15 is 0 Å². The molecule has 3 rings (SSSR count). The first-order valence-corrected chi connectivity index (χ1v) is 9.36. The van der Waals surface area contributed by atoms with Crippen molar-refractivity contribution >= 4 is 5.96 Å². The van der Waals surface area contributed by atoms with Crippen molar-refractivity contribution in [2.24, 2.45) is 12.0 Å². The van der Waals surface area contributed by atoms with Gasteiger partial charge in [-0.15, -0.1) is 10.2 Å². The summed E-state index contributed by atoms with van der Waals surface area (Å²) in [5.41, 5.74) is 1.94. The van der Waals surface area contributed by atoms with Crippen molar-refractivity contribution in [2.45, 2.75) is 72.0 Å². The van der Waals surface area contributed by atoms with Gasteiger partial charge in [0.2, 0.25) is 0 Å². The van der Waals surface area contributed by atoms with Crippen LogP contribution in [0, 0.1) is 20.8 Å². The normalized spacial score (nSPS) is 16.1. The fraction of sp³-hybridized carbons (Fsp3) is 0.667. The maximum absolute atomic E-state index is 5.24. The average Bonchev–Trinajstić information content (AvgIpc) is 3.14. The summed E-state index contributed by atoms with van der Waals surface area (Å²) in [6.45, 7) is 6.95. The Morgan fingerprint density at radius 2 is 1.96 bits per heavy atom. The van der Waals surface area contributed by atoms with Gasteiger partial charge < -0.3 is 19.7 Å². The van der Waals surface area contributed by atoms with Crippen LogP contribution in [0.25, 0.3) is 0 Å². The quantitative estimate of drug-likeness (QED) is 0.628. The summed E-state index contributed by atoms with van der Waals surface area (Å²) in [5, 5.41) is 19.3. The van der Waals surface area contributed by atoms with E-state index in [1.165, 1.54) is 32.1 Å². The lowest BCUT2D eigenvalue weighted by Crippen LogP contribution is -2.44. The van der Waals surface area contributed by atoms with E-state index in [0.29, 0.717) is 19.1 Å². The molecule has 1 saturated carbocycles. The second-order valence-electron chi connectivity index (χ2n) is 7.02. The summed E-state index contributed by atoms with van der Waals surface area (Å²) >= 11 is 0. The van der Waals surface area contributed by atoms with Gasteiger partial charge in [0.05, 0.1) is 18.8 Å². The van der Waals surface area contributed by atoms with E-state index in [1.807, 2.05) is 32.4 Å². The van der Waals surface area contributed by atoms with Gasteiger partial charge in [0.25, 0.3) is 0 Å². The first-order valence-electron chi connectivity index (χ1n) is 9.36. The molecule has 0 atom stereocenters. The molecule has 0 saturated heterocycles. The second-order valence-corrected chi connectivity index (χ2v) is 7.02. The van der Waals surface area contributed by atoms with Crippen molar-refractivity contribution in [3.05, 3.63) is 28.7 Å². The molecule has 2 heterocycles. The van der Waals surface area contributed by atoms with Gasteiger partial charge in [0.15, 0.2) is 11.8 Å². The lowest BCUT2D eigenvalue weighted by molar-refractivity contribution is 0.392. The number of guanidine groups is 1. The molecular formula is C18H29N7O. The van der Waals surface area contributed by atoms with E-state index in [2.05, 4.69) is 26.0 Å². The molecule has 8 heteroatoms. The SMILES string of the molecule is Cc1noc(C)c1CN=C(NCc1nnc(C)n1C)NC1CCCCC1. The van der Waals surface area contributed by atoms with Crippen LogP contribution in [0.2, 0.25) is 0 Å². The minimum absolute atomic E-state index is 0.473. The highest BCUT2D eigenvalue weighted by molar-refractivity contribution is 5.80. The molecule has 2 aromatic rings. The fourth-order valence-corrected chi connectivity index (χ4v) is 3.25. The van der Waals surface area contributed by atoms with Crippen LogP contribution in [0.15, 0.2) is 9.52 Å². The van der Waals surface area contributed by atoms with Gasteiger partial charge in [-0.2, -0.15) is 0 Å². The molecule has 2 aromatic heterocycles. The number of nitrogens with one attached hydrogen (secondary N) is 2. The van der Waals surface area contributed by atoms with Crippen LogP contribution in [0.5, 0.6) is 0 Å². The zero-order chi connectivity index (χ0) is 18.5. The molecule has 0 aromatic carbocycles. The Labute approximate surface area is 154 Å². The molecule has 8 nitrogen and oxygen atoms in total. The maximum atomic E-state index is 5.24. The molecule has 142 valence electrons. The van der Waals surface area contributed by atoms with Gasteiger partial charge in [0.1, 0.15) is 11.6 Å². The van der Waals surface area contributed by atoms with Crippen molar-refractivity contribution in [2.75, 3.05) is 0 Å². The summed E-state index contributed by atoms with van der Waals surface area (Å²) in [4.78, 5) is 4.77. The third-order valence-electron chi connectivity index (χ3n) is 5.12. The second kappa shape index (κ2) is 8.33.